The van der Waals surface area contributed by atoms with Gasteiger partial charge in [0.1, 0.15) is 5.75 Å². The molecule has 16 heavy (non-hydrogen) atoms. The van der Waals surface area contributed by atoms with Gasteiger partial charge in [-0.25, -0.2) is 0 Å². The Labute approximate surface area is 96.7 Å². The number of nitrogens with one attached hydrogen (secondary N) is 1. The highest BCUT2D eigenvalue weighted by Gasteiger charge is 2.25. The van der Waals surface area contributed by atoms with E-state index in [1.165, 1.54) is 48.8 Å². The molecule has 0 atom stereocenters. The van der Waals surface area contributed by atoms with Gasteiger partial charge in [-0.1, -0.05) is 6.07 Å². The molecule has 1 aromatic carbocycles. The Morgan fingerprint density at radius 1 is 1.12 bits per heavy atom. The van der Waals surface area contributed by atoms with Crippen molar-refractivity contribution in [3.8, 4) is 5.75 Å². The summed E-state index contributed by atoms with van der Waals surface area (Å²) in [5, 5.41) is 13.5. The second kappa shape index (κ2) is 4.10. The molecule has 1 aliphatic heterocycles. The smallest absolute Gasteiger partial charge is 0.119 e. The van der Waals surface area contributed by atoms with Crippen LogP contribution in [0.3, 0.4) is 0 Å². The van der Waals surface area contributed by atoms with Gasteiger partial charge in [0.2, 0.25) is 0 Å². The molecule has 1 heterocycles. The maximum atomic E-state index is 10.1. The average molecular weight is 217 g/mol. The molecule has 2 aliphatic rings. The third-order valence-corrected chi connectivity index (χ3v) is 4.05. The Bertz CT molecular complexity index is 394. The van der Waals surface area contributed by atoms with E-state index in [0.29, 0.717) is 11.7 Å². The topological polar surface area (TPSA) is 32.3 Å². The highest BCUT2D eigenvalue weighted by molar-refractivity contribution is 5.48. The number of phenols is 1. The van der Waals surface area contributed by atoms with Gasteiger partial charge in [0, 0.05) is 5.56 Å². The van der Waals surface area contributed by atoms with Gasteiger partial charge in [0.05, 0.1) is 0 Å². The molecule has 1 aliphatic carbocycles. The fourth-order valence-corrected chi connectivity index (χ4v) is 3.25. The van der Waals surface area contributed by atoms with Gasteiger partial charge >= 0.3 is 0 Å². The zero-order valence-electron chi connectivity index (χ0n) is 9.63. The number of aromatic hydroxyl groups is 1. The van der Waals surface area contributed by atoms with Crippen LogP contribution < -0.4 is 5.32 Å². The van der Waals surface area contributed by atoms with E-state index in [-0.39, 0.29) is 0 Å². The third kappa shape index (κ3) is 1.61. The molecule has 2 nitrogen and oxygen atoms in total. The van der Waals surface area contributed by atoms with Crippen molar-refractivity contribution in [2.75, 3.05) is 13.1 Å². The van der Waals surface area contributed by atoms with E-state index >= 15 is 0 Å². The zero-order chi connectivity index (χ0) is 11.0. The normalized spacial score (nSPS) is 21.0. The van der Waals surface area contributed by atoms with E-state index in [9.17, 15) is 5.11 Å². The highest BCUT2D eigenvalue weighted by Crippen LogP contribution is 2.39. The summed E-state index contributed by atoms with van der Waals surface area (Å²) >= 11 is 0. The van der Waals surface area contributed by atoms with E-state index in [0.717, 1.165) is 13.1 Å². The number of hydrogen-bond donors (Lipinski definition) is 2. The van der Waals surface area contributed by atoms with Crippen LogP contribution in [0.2, 0.25) is 0 Å². The largest absolute Gasteiger partial charge is 0.508 e. The van der Waals surface area contributed by atoms with Crippen molar-refractivity contribution >= 4 is 0 Å². The first-order valence-electron chi connectivity index (χ1n) is 6.40. The molecule has 86 valence electrons. The van der Waals surface area contributed by atoms with Gasteiger partial charge in [-0.2, -0.15) is 0 Å². The van der Waals surface area contributed by atoms with Crippen LogP contribution in [-0.2, 0) is 12.8 Å². The minimum Gasteiger partial charge on any atom is -0.508 e. The Hall–Kier alpha value is -1.02. The molecule has 0 bridgehead atoms. The molecule has 2 heteroatoms. The molecule has 1 fully saturated rings. The van der Waals surface area contributed by atoms with E-state index < -0.39 is 0 Å². The van der Waals surface area contributed by atoms with Crippen LogP contribution in [0, 0.1) is 0 Å². The Kier molecular flexibility index (Phi) is 2.60. The van der Waals surface area contributed by atoms with Crippen LogP contribution in [0.25, 0.3) is 0 Å². The van der Waals surface area contributed by atoms with Gasteiger partial charge in [-0.15, -0.1) is 0 Å². The molecule has 0 amide bonds. The zero-order valence-corrected chi connectivity index (χ0v) is 9.63. The number of piperidine rings is 1. The number of rotatable bonds is 1. The molecule has 1 aromatic rings. The predicted octanol–water partition coefficient (Wildman–Crippen LogP) is 2.35. The van der Waals surface area contributed by atoms with Crippen LogP contribution in [-0.4, -0.2) is 18.2 Å². The first-order chi connectivity index (χ1) is 7.86. The standard InChI is InChI=1S/C14H19NO/c16-13-5-4-10-2-1-3-12(10)14(13)11-6-8-15-9-7-11/h4-5,11,15-16H,1-3,6-9H2. The lowest BCUT2D eigenvalue weighted by Crippen LogP contribution is -2.27. The van der Waals surface area contributed by atoms with E-state index in [1.807, 2.05) is 6.07 Å². The monoisotopic (exact) mass is 217 g/mol. The molecule has 3 rings (SSSR count). The predicted molar refractivity (Wildman–Crippen MR) is 65.0 cm³/mol. The number of aryl methyl sites for hydroxylation is 1. The van der Waals surface area contributed by atoms with Crippen molar-refractivity contribution in [2.24, 2.45) is 0 Å². The second-order valence-electron chi connectivity index (χ2n) is 5.01. The van der Waals surface area contributed by atoms with Crippen molar-refractivity contribution in [1.82, 2.24) is 5.32 Å². The van der Waals surface area contributed by atoms with E-state index in [4.69, 9.17) is 0 Å². The lowest BCUT2D eigenvalue weighted by Gasteiger charge is -2.25. The number of benzene rings is 1. The summed E-state index contributed by atoms with van der Waals surface area (Å²) in [5.74, 6) is 1.11. The fourth-order valence-electron chi connectivity index (χ4n) is 3.25. The first-order valence-corrected chi connectivity index (χ1v) is 6.40. The van der Waals surface area contributed by atoms with Crippen LogP contribution in [0.5, 0.6) is 5.75 Å². The second-order valence-corrected chi connectivity index (χ2v) is 5.01. The minimum atomic E-state index is 0.535. The number of phenolic OH excluding ortho intramolecular Hbond substituents is 1. The summed E-state index contributed by atoms with van der Waals surface area (Å²) in [6.45, 7) is 2.18. The molecule has 0 spiro atoms. The summed E-state index contributed by atoms with van der Waals surface area (Å²) in [6.07, 6.45) is 5.97. The van der Waals surface area contributed by atoms with Crippen LogP contribution >= 0.6 is 0 Å². The molecule has 2 N–H and O–H groups in total. The summed E-state index contributed by atoms with van der Waals surface area (Å²) in [5.41, 5.74) is 4.22. The molecule has 0 radical (unpaired) electrons. The lowest BCUT2D eigenvalue weighted by atomic mass is 9.85. The van der Waals surface area contributed by atoms with Gasteiger partial charge in [0.25, 0.3) is 0 Å². The minimum absolute atomic E-state index is 0.535. The van der Waals surface area contributed by atoms with E-state index in [1.54, 1.807) is 0 Å². The van der Waals surface area contributed by atoms with Gasteiger partial charge in [-0.3, -0.25) is 0 Å². The van der Waals surface area contributed by atoms with Crippen molar-refractivity contribution in [1.29, 1.82) is 0 Å². The third-order valence-electron chi connectivity index (χ3n) is 4.05. The quantitative estimate of drug-likeness (QED) is 0.757. The lowest BCUT2D eigenvalue weighted by molar-refractivity contribution is 0.422. The summed E-state index contributed by atoms with van der Waals surface area (Å²) in [7, 11) is 0. The van der Waals surface area contributed by atoms with Gasteiger partial charge < -0.3 is 10.4 Å². The van der Waals surface area contributed by atoms with Crippen molar-refractivity contribution in [3.63, 3.8) is 0 Å². The molecule has 1 saturated heterocycles. The van der Waals surface area contributed by atoms with E-state index in [2.05, 4.69) is 11.4 Å². The molecule has 0 aromatic heterocycles. The SMILES string of the molecule is Oc1ccc2c(c1C1CCNCC1)CCC2. The molecule has 0 saturated carbocycles. The van der Waals surface area contributed by atoms with Crippen molar-refractivity contribution in [3.05, 3.63) is 28.8 Å². The van der Waals surface area contributed by atoms with Gasteiger partial charge in [-0.05, 0) is 68.3 Å². The molecular weight excluding hydrogens is 198 g/mol. The van der Waals surface area contributed by atoms with Crippen LogP contribution in [0.1, 0.15) is 41.9 Å². The Morgan fingerprint density at radius 2 is 1.94 bits per heavy atom. The fraction of sp³-hybridized carbons (Fsp3) is 0.571. The number of fused-ring (bicyclic) bond motifs is 1. The average Bonchev–Trinajstić information content (AvgIpc) is 2.78. The summed E-state index contributed by atoms with van der Waals surface area (Å²) < 4.78 is 0. The number of hydrogen-bond acceptors (Lipinski definition) is 2. The molecular formula is C14H19NO. The molecule has 0 unspecified atom stereocenters. The Morgan fingerprint density at radius 3 is 2.75 bits per heavy atom. The van der Waals surface area contributed by atoms with Crippen LogP contribution in [0.4, 0.5) is 0 Å². The Balaban J connectivity index is 2.01. The van der Waals surface area contributed by atoms with Crippen LogP contribution in [0.15, 0.2) is 12.1 Å². The maximum Gasteiger partial charge on any atom is 0.119 e. The summed E-state index contributed by atoms with van der Waals surface area (Å²) in [6, 6.07) is 4.02. The van der Waals surface area contributed by atoms with Crippen molar-refractivity contribution < 1.29 is 5.11 Å². The summed E-state index contributed by atoms with van der Waals surface area (Å²) in [4.78, 5) is 0. The first kappa shape index (κ1) is 10.2. The van der Waals surface area contributed by atoms with Gasteiger partial charge in [0.15, 0.2) is 0 Å². The highest BCUT2D eigenvalue weighted by atomic mass is 16.3. The van der Waals surface area contributed by atoms with Crippen molar-refractivity contribution in [2.45, 2.75) is 38.0 Å². The maximum absolute atomic E-state index is 10.1.